The normalized spacial score (nSPS) is 13.9. The van der Waals surface area contributed by atoms with Gasteiger partial charge in [0, 0.05) is 55.9 Å². The zero-order valence-electron chi connectivity index (χ0n) is 26.9. The zero-order valence-corrected chi connectivity index (χ0v) is 26.9. The SMILES string of the molecule is c1ccc2c(c1)Oc1cc3c(cc1C21c2ccccc2-c2ccccc21)c1ccc2ccccc2c1n3-c1ccc2c(c1)oc1ccccc12. The molecule has 3 heterocycles. The number of fused-ring (bicyclic) bond motifs is 17. The lowest BCUT2D eigenvalue weighted by Crippen LogP contribution is -2.32. The third-order valence-corrected chi connectivity index (χ3v) is 11.2. The number of hydrogen-bond acceptors (Lipinski definition) is 2. The molecule has 1 aliphatic carbocycles. The molecule has 50 heavy (non-hydrogen) atoms. The molecule has 0 saturated heterocycles. The Labute approximate surface area is 287 Å². The van der Waals surface area contributed by atoms with Crippen LogP contribution in [-0.4, -0.2) is 4.57 Å². The minimum Gasteiger partial charge on any atom is -0.457 e. The molecule has 3 nitrogen and oxygen atoms in total. The Bertz CT molecular complexity index is 3040. The van der Waals surface area contributed by atoms with Gasteiger partial charge < -0.3 is 13.7 Å². The topological polar surface area (TPSA) is 27.3 Å². The lowest BCUT2D eigenvalue weighted by molar-refractivity contribution is 0.437. The van der Waals surface area contributed by atoms with Crippen molar-refractivity contribution in [2.24, 2.45) is 0 Å². The average Bonchev–Trinajstić information content (AvgIpc) is 3.80. The number of aromatic nitrogens is 1. The Balaban J connectivity index is 1.24. The summed E-state index contributed by atoms with van der Waals surface area (Å²) in [6, 6.07) is 59.2. The second kappa shape index (κ2) is 9.31. The summed E-state index contributed by atoms with van der Waals surface area (Å²) in [5, 5.41) is 7.06. The number of rotatable bonds is 1. The Hall–Kier alpha value is -6.58. The molecule has 10 aromatic rings. The maximum absolute atomic E-state index is 6.95. The van der Waals surface area contributed by atoms with Crippen molar-refractivity contribution in [1.82, 2.24) is 4.57 Å². The maximum Gasteiger partial charge on any atom is 0.137 e. The quantitative estimate of drug-likeness (QED) is 0.179. The lowest BCUT2D eigenvalue weighted by Gasteiger charge is -2.39. The zero-order chi connectivity index (χ0) is 32.6. The van der Waals surface area contributed by atoms with Crippen LogP contribution in [0.5, 0.6) is 11.5 Å². The van der Waals surface area contributed by atoms with Crippen LogP contribution in [-0.2, 0) is 5.41 Å². The van der Waals surface area contributed by atoms with Crippen LogP contribution in [0.2, 0.25) is 0 Å². The lowest BCUT2D eigenvalue weighted by atomic mass is 9.66. The summed E-state index contributed by atoms with van der Waals surface area (Å²) in [6.07, 6.45) is 0. The van der Waals surface area contributed by atoms with E-state index in [1.807, 2.05) is 12.1 Å². The van der Waals surface area contributed by atoms with Crippen LogP contribution in [0, 0.1) is 0 Å². The van der Waals surface area contributed by atoms with Crippen LogP contribution in [0.15, 0.2) is 168 Å². The van der Waals surface area contributed by atoms with E-state index in [4.69, 9.17) is 9.15 Å². The first-order chi connectivity index (χ1) is 24.8. The molecular formula is C47H27NO2. The maximum atomic E-state index is 6.95. The molecule has 3 heteroatoms. The summed E-state index contributed by atoms with van der Waals surface area (Å²) in [4.78, 5) is 0. The van der Waals surface area contributed by atoms with Gasteiger partial charge in [-0.3, -0.25) is 0 Å². The molecule has 0 radical (unpaired) electrons. The van der Waals surface area contributed by atoms with Gasteiger partial charge in [-0.05, 0) is 58.0 Å². The van der Waals surface area contributed by atoms with Gasteiger partial charge in [-0.25, -0.2) is 0 Å². The van der Waals surface area contributed by atoms with Gasteiger partial charge in [0.1, 0.15) is 22.7 Å². The van der Waals surface area contributed by atoms with E-state index in [9.17, 15) is 0 Å². The minimum atomic E-state index is -0.524. The summed E-state index contributed by atoms with van der Waals surface area (Å²) in [7, 11) is 0. The Kier molecular flexibility index (Phi) is 4.91. The Morgan fingerprint density at radius 2 is 1.08 bits per heavy atom. The summed E-state index contributed by atoms with van der Waals surface area (Å²) >= 11 is 0. The van der Waals surface area contributed by atoms with Gasteiger partial charge in [0.2, 0.25) is 0 Å². The first-order valence-electron chi connectivity index (χ1n) is 17.2. The van der Waals surface area contributed by atoms with E-state index < -0.39 is 5.41 Å². The fraction of sp³-hybridized carbons (Fsp3) is 0.0213. The molecule has 12 rings (SSSR count). The van der Waals surface area contributed by atoms with E-state index in [1.54, 1.807) is 0 Å². The van der Waals surface area contributed by atoms with Gasteiger partial charge in [-0.1, -0.05) is 121 Å². The monoisotopic (exact) mass is 637 g/mol. The minimum absolute atomic E-state index is 0.524. The van der Waals surface area contributed by atoms with Crippen LogP contribution in [0.4, 0.5) is 0 Å². The average molecular weight is 638 g/mol. The number of hydrogen-bond donors (Lipinski definition) is 0. The highest BCUT2D eigenvalue weighted by Crippen LogP contribution is 2.62. The van der Waals surface area contributed by atoms with Gasteiger partial charge >= 0.3 is 0 Å². The molecule has 232 valence electrons. The number of ether oxygens (including phenoxy) is 1. The molecule has 2 aliphatic rings. The van der Waals surface area contributed by atoms with E-state index in [-0.39, 0.29) is 0 Å². The molecule has 0 N–H and O–H groups in total. The molecule has 0 amide bonds. The molecule has 0 unspecified atom stereocenters. The predicted molar refractivity (Wildman–Crippen MR) is 203 cm³/mol. The molecular weight excluding hydrogens is 611 g/mol. The van der Waals surface area contributed by atoms with Crippen molar-refractivity contribution in [3.8, 4) is 28.3 Å². The van der Waals surface area contributed by atoms with Crippen molar-refractivity contribution in [2.75, 3.05) is 0 Å². The molecule has 2 aromatic heterocycles. The van der Waals surface area contributed by atoms with Gasteiger partial charge in [0.05, 0.1) is 16.4 Å². The summed E-state index contributed by atoms with van der Waals surface area (Å²) in [5.41, 5.74) is 12.1. The van der Waals surface area contributed by atoms with Crippen molar-refractivity contribution < 1.29 is 9.15 Å². The fourth-order valence-corrected chi connectivity index (χ4v) is 9.25. The van der Waals surface area contributed by atoms with Crippen molar-refractivity contribution in [3.05, 3.63) is 186 Å². The highest BCUT2D eigenvalue weighted by atomic mass is 16.5. The van der Waals surface area contributed by atoms with Gasteiger partial charge in [0.25, 0.3) is 0 Å². The summed E-state index contributed by atoms with van der Waals surface area (Å²) < 4.78 is 15.8. The van der Waals surface area contributed by atoms with Crippen LogP contribution in [0.25, 0.3) is 71.3 Å². The first kappa shape index (κ1) is 26.4. The molecule has 0 bridgehead atoms. The number of furan rings is 1. The number of para-hydroxylation sites is 2. The van der Waals surface area contributed by atoms with Crippen molar-refractivity contribution in [2.45, 2.75) is 5.41 Å². The third-order valence-electron chi connectivity index (χ3n) is 11.2. The summed E-state index contributed by atoms with van der Waals surface area (Å²) in [6.45, 7) is 0. The molecule has 8 aromatic carbocycles. The molecule has 1 aliphatic heterocycles. The molecule has 0 fully saturated rings. The number of benzene rings is 8. The van der Waals surface area contributed by atoms with Crippen molar-refractivity contribution >= 4 is 54.5 Å². The number of nitrogens with zero attached hydrogens (tertiary/aromatic N) is 1. The van der Waals surface area contributed by atoms with Gasteiger partial charge in [-0.2, -0.15) is 0 Å². The van der Waals surface area contributed by atoms with E-state index in [0.717, 1.165) is 44.6 Å². The van der Waals surface area contributed by atoms with Crippen molar-refractivity contribution in [1.29, 1.82) is 0 Å². The first-order valence-corrected chi connectivity index (χ1v) is 17.2. The highest BCUT2D eigenvalue weighted by molar-refractivity contribution is 6.19. The largest absolute Gasteiger partial charge is 0.457 e. The third kappa shape index (κ3) is 3.16. The van der Waals surface area contributed by atoms with E-state index in [2.05, 4.69) is 156 Å². The van der Waals surface area contributed by atoms with E-state index in [1.165, 1.54) is 60.4 Å². The van der Waals surface area contributed by atoms with Crippen LogP contribution in [0.3, 0.4) is 0 Å². The molecule has 1 spiro atoms. The van der Waals surface area contributed by atoms with Crippen molar-refractivity contribution in [3.63, 3.8) is 0 Å². The molecule has 0 atom stereocenters. The summed E-state index contributed by atoms with van der Waals surface area (Å²) in [5.74, 6) is 1.77. The fourth-order valence-electron chi connectivity index (χ4n) is 9.25. The van der Waals surface area contributed by atoms with Gasteiger partial charge in [-0.15, -0.1) is 0 Å². The standard InChI is InChI=1S/C47H27NO2/c1-2-12-30-28(11-1)21-23-35-36-26-40-45(27-41(36)48(46(30)35)29-22-24-34-33-15-5-9-19-42(33)49-44(34)25-29)50-43-20-10-8-18-39(43)47(40)37-16-6-3-13-31(37)32-14-4-7-17-38(32)47/h1-27H. The highest BCUT2D eigenvalue weighted by Gasteiger charge is 2.51. The van der Waals surface area contributed by atoms with E-state index >= 15 is 0 Å². The predicted octanol–water partition coefficient (Wildman–Crippen LogP) is 12.3. The van der Waals surface area contributed by atoms with Crippen LogP contribution < -0.4 is 4.74 Å². The van der Waals surface area contributed by atoms with Gasteiger partial charge in [0.15, 0.2) is 0 Å². The Morgan fingerprint density at radius 1 is 0.420 bits per heavy atom. The molecule has 0 saturated carbocycles. The second-order valence-corrected chi connectivity index (χ2v) is 13.6. The van der Waals surface area contributed by atoms with Crippen LogP contribution >= 0.6 is 0 Å². The van der Waals surface area contributed by atoms with E-state index in [0.29, 0.717) is 0 Å². The van der Waals surface area contributed by atoms with Crippen LogP contribution in [0.1, 0.15) is 22.3 Å². The smallest absolute Gasteiger partial charge is 0.137 e. The second-order valence-electron chi connectivity index (χ2n) is 13.6. The Morgan fingerprint density at radius 3 is 1.92 bits per heavy atom.